The van der Waals surface area contributed by atoms with Crippen LogP contribution in [-0.4, -0.2) is 19.3 Å². The molecule has 0 aromatic heterocycles. The molecule has 0 fully saturated rings. The summed E-state index contributed by atoms with van der Waals surface area (Å²) in [6.07, 6.45) is 3.99. The Hall–Kier alpha value is -1.28. The predicted octanol–water partition coefficient (Wildman–Crippen LogP) is 2.76. The number of hydrogen-bond donors (Lipinski definition) is 0. The second kappa shape index (κ2) is 5.17. The van der Waals surface area contributed by atoms with E-state index in [0.717, 1.165) is 18.6 Å². The summed E-state index contributed by atoms with van der Waals surface area (Å²) in [7, 11) is 0. The van der Waals surface area contributed by atoms with Gasteiger partial charge in [-0.1, -0.05) is 18.2 Å². The number of fused-ring (bicyclic) bond motifs is 1. The first-order chi connectivity index (χ1) is 7.81. The van der Waals surface area contributed by atoms with E-state index in [-0.39, 0.29) is 6.10 Å². The van der Waals surface area contributed by atoms with E-state index in [4.69, 9.17) is 9.47 Å². The molecule has 0 spiro atoms. The fourth-order valence-corrected chi connectivity index (χ4v) is 2.07. The van der Waals surface area contributed by atoms with Crippen LogP contribution in [0.25, 0.3) is 0 Å². The second-order valence-electron chi connectivity index (χ2n) is 4.12. The van der Waals surface area contributed by atoms with Crippen molar-refractivity contribution in [1.29, 1.82) is 0 Å². The third kappa shape index (κ3) is 2.45. The van der Waals surface area contributed by atoms with Crippen LogP contribution in [-0.2, 0) is 17.6 Å². The quantitative estimate of drug-likeness (QED) is 0.711. The highest BCUT2D eigenvalue weighted by atomic mass is 16.5. The van der Waals surface area contributed by atoms with E-state index in [1.54, 1.807) is 0 Å². The van der Waals surface area contributed by atoms with Crippen molar-refractivity contribution >= 4 is 0 Å². The van der Waals surface area contributed by atoms with Crippen LogP contribution in [0.1, 0.15) is 18.1 Å². The number of allylic oxidation sites excluding steroid dienone is 1. The molecule has 16 heavy (non-hydrogen) atoms. The van der Waals surface area contributed by atoms with E-state index in [1.165, 1.54) is 11.1 Å². The molecule has 0 bridgehead atoms. The molecular formula is C14H18O2. The number of benzene rings is 1. The minimum atomic E-state index is 0.258. The average Bonchev–Trinajstić information content (AvgIpc) is 2.25. The minimum Gasteiger partial charge on any atom is -0.491 e. The minimum absolute atomic E-state index is 0.258. The molecule has 1 atom stereocenters. The van der Waals surface area contributed by atoms with Gasteiger partial charge in [-0.25, -0.2) is 0 Å². The van der Waals surface area contributed by atoms with Crippen LogP contribution in [0, 0.1) is 0 Å². The molecule has 1 heterocycles. The Morgan fingerprint density at radius 1 is 1.44 bits per heavy atom. The number of hydrogen-bond acceptors (Lipinski definition) is 2. The summed E-state index contributed by atoms with van der Waals surface area (Å²) in [4.78, 5) is 0. The van der Waals surface area contributed by atoms with Gasteiger partial charge >= 0.3 is 0 Å². The lowest BCUT2D eigenvalue weighted by molar-refractivity contribution is 0.0369. The van der Waals surface area contributed by atoms with Crippen LogP contribution in [0.2, 0.25) is 0 Å². The maximum Gasteiger partial charge on any atom is 0.122 e. The van der Waals surface area contributed by atoms with Gasteiger partial charge in [0, 0.05) is 12.0 Å². The molecule has 0 aliphatic carbocycles. The van der Waals surface area contributed by atoms with Crippen molar-refractivity contribution in [2.24, 2.45) is 0 Å². The highest BCUT2D eigenvalue weighted by Crippen LogP contribution is 2.26. The molecule has 86 valence electrons. The lowest BCUT2D eigenvalue weighted by Gasteiger charge is -2.22. The largest absolute Gasteiger partial charge is 0.491 e. The Morgan fingerprint density at radius 2 is 2.31 bits per heavy atom. The first-order valence-electron chi connectivity index (χ1n) is 5.77. The van der Waals surface area contributed by atoms with Gasteiger partial charge in [-0.05, 0) is 25.0 Å². The molecule has 1 aliphatic rings. The zero-order chi connectivity index (χ0) is 11.4. The predicted molar refractivity (Wildman–Crippen MR) is 65.0 cm³/mol. The van der Waals surface area contributed by atoms with Crippen LogP contribution in [0.5, 0.6) is 5.75 Å². The van der Waals surface area contributed by atoms with E-state index in [9.17, 15) is 0 Å². The topological polar surface area (TPSA) is 18.5 Å². The van der Waals surface area contributed by atoms with E-state index < -0.39 is 0 Å². The molecule has 1 aromatic rings. The highest BCUT2D eigenvalue weighted by Gasteiger charge is 2.15. The van der Waals surface area contributed by atoms with E-state index >= 15 is 0 Å². The van der Waals surface area contributed by atoms with E-state index in [2.05, 4.69) is 19.6 Å². The van der Waals surface area contributed by atoms with Crippen molar-refractivity contribution < 1.29 is 9.47 Å². The van der Waals surface area contributed by atoms with Gasteiger partial charge in [-0.15, -0.1) is 6.58 Å². The van der Waals surface area contributed by atoms with Gasteiger partial charge in [0.05, 0.1) is 12.7 Å². The van der Waals surface area contributed by atoms with E-state index in [1.807, 2.05) is 18.2 Å². The fraction of sp³-hybridized carbons (Fsp3) is 0.429. The zero-order valence-electron chi connectivity index (χ0n) is 9.74. The van der Waals surface area contributed by atoms with Crippen LogP contribution in [0.4, 0.5) is 0 Å². The Labute approximate surface area is 96.9 Å². The Morgan fingerprint density at radius 3 is 3.12 bits per heavy atom. The zero-order valence-corrected chi connectivity index (χ0v) is 9.74. The lowest BCUT2D eigenvalue weighted by atomic mass is 9.98. The first-order valence-corrected chi connectivity index (χ1v) is 5.77. The van der Waals surface area contributed by atoms with Gasteiger partial charge in [0.15, 0.2) is 0 Å². The second-order valence-corrected chi connectivity index (χ2v) is 4.12. The highest BCUT2D eigenvalue weighted by molar-refractivity contribution is 5.41. The molecule has 1 unspecified atom stereocenters. The standard InChI is InChI=1S/C14H18O2/c1-3-5-12-6-4-7-14-13(12)10-11(2)15-8-9-16-14/h3-4,6-7,11H,1,5,8-10H2,2H3. The van der Waals surface area contributed by atoms with Crippen LogP contribution < -0.4 is 4.74 Å². The SMILES string of the molecule is C=CCc1cccc2c1CC(C)OCCO2. The molecule has 1 aliphatic heterocycles. The van der Waals surface area contributed by atoms with Crippen LogP contribution in [0.3, 0.4) is 0 Å². The molecule has 0 saturated carbocycles. The summed E-state index contributed by atoms with van der Waals surface area (Å²) in [5.74, 6) is 1.01. The molecular weight excluding hydrogens is 200 g/mol. The molecule has 2 heteroatoms. The van der Waals surface area contributed by atoms with Crippen molar-refractivity contribution in [3.63, 3.8) is 0 Å². The third-order valence-electron chi connectivity index (χ3n) is 2.83. The van der Waals surface area contributed by atoms with Gasteiger partial charge in [-0.3, -0.25) is 0 Å². The lowest BCUT2D eigenvalue weighted by Crippen LogP contribution is -2.21. The summed E-state index contributed by atoms with van der Waals surface area (Å²) in [6, 6.07) is 6.23. The summed E-state index contributed by atoms with van der Waals surface area (Å²) < 4.78 is 11.3. The Bertz CT molecular complexity index is 371. The third-order valence-corrected chi connectivity index (χ3v) is 2.83. The van der Waals surface area contributed by atoms with Crippen molar-refractivity contribution in [3.05, 3.63) is 42.0 Å². The van der Waals surface area contributed by atoms with Crippen molar-refractivity contribution in [2.75, 3.05) is 13.2 Å². The summed E-state index contributed by atoms with van der Waals surface area (Å²) in [5, 5.41) is 0. The maximum absolute atomic E-state index is 5.70. The fourth-order valence-electron chi connectivity index (χ4n) is 2.07. The molecule has 2 rings (SSSR count). The van der Waals surface area contributed by atoms with Crippen molar-refractivity contribution in [1.82, 2.24) is 0 Å². The van der Waals surface area contributed by atoms with Crippen LogP contribution in [0.15, 0.2) is 30.9 Å². The maximum atomic E-state index is 5.70. The number of rotatable bonds is 2. The normalized spacial score (nSPS) is 20.2. The van der Waals surface area contributed by atoms with Crippen molar-refractivity contribution in [2.45, 2.75) is 25.9 Å². The molecule has 0 radical (unpaired) electrons. The molecule has 1 aromatic carbocycles. The summed E-state index contributed by atoms with van der Waals surface area (Å²) >= 11 is 0. The van der Waals surface area contributed by atoms with E-state index in [0.29, 0.717) is 13.2 Å². The summed E-state index contributed by atoms with van der Waals surface area (Å²) in [6.45, 7) is 7.21. The van der Waals surface area contributed by atoms with Crippen LogP contribution >= 0.6 is 0 Å². The smallest absolute Gasteiger partial charge is 0.122 e. The monoisotopic (exact) mass is 218 g/mol. The van der Waals surface area contributed by atoms with Gasteiger partial charge in [0.25, 0.3) is 0 Å². The average molecular weight is 218 g/mol. The molecule has 2 nitrogen and oxygen atoms in total. The summed E-state index contributed by atoms with van der Waals surface area (Å²) in [5.41, 5.74) is 2.57. The molecule has 0 saturated heterocycles. The van der Waals surface area contributed by atoms with Gasteiger partial charge < -0.3 is 9.47 Å². The van der Waals surface area contributed by atoms with Gasteiger partial charge in [0.2, 0.25) is 0 Å². The van der Waals surface area contributed by atoms with Gasteiger partial charge in [-0.2, -0.15) is 0 Å². The van der Waals surface area contributed by atoms with Gasteiger partial charge in [0.1, 0.15) is 12.4 Å². The molecule has 0 N–H and O–H groups in total. The molecule has 0 amide bonds. The number of ether oxygens (including phenoxy) is 2. The Balaban J connectivity index is 2.35. The van der Waals surface area contributed by atoms with Crippen molar-refractivity contribution in [3.8, 4) is 5.75 Å². The first kappa shape index (κ1) is 11.2. The Kier molecular flexibility index (Phi) is 3.62.